The van der Waals surface area contributed by atoms with E-state index in [2.05, 4.69) is 15.9 Å². The van der Waals surface area contributed by atoms with Crippen LogP contribution in [0.25, 0.3) is 0 Å². The molecule has 1 rings (SSSR count). The molecule has 0 radical (unpaired) electrons. The van der Waals surface area contributed by atoms with Crippen LogP contribution in [-0.4, -0.2) is 5.78 Å². The second-order valence-corrected chi connectivity index (χ2v) is 4.56. The van der Waals surface area contributed by atoms with Crippen LogP contribution in [0.2, 0.25) is 0 Å². The van der Waals surface area contributed by atoms with E-state index in [4.69, 9.17) is 5.26 Å². The molecule has 0 aromatic heterocycles. The van der Waals surface area contributed by atoms with E-state index in [1.807, 2.05) is 0 Å². The zero-order valence-electron chi connectivity index (χ0n) is 9.38. The molecule has 1 aromatic carbocycles. The fraction of sp³-hybridized carbons (Fsp3) is 0.333. The Labute approximate surface area is 111 Å². The average molecular weight is 320 g/mol. The van der Waals surface area contributed by atoms with E-state index in [1.54, 1.807) is 13.0 Å². The van der Waals surface area contributed by atoms with Gasteiger partial charge in [-0.05, 0) is 24.6 Å². The maximum absolute atomic E-state index is 12.8. The summed E-state index contributed by atoms with van der Waals surface area (Å²) in [6.45, 7) is 1.58. The number of carbonyl (C=O) groups excluding carboxylic acids is 1. The molecule has 0 heterocycles. The molecular weight excluding hydrogens is 311 g/mol. The Morgan fingerprint density at radius 1 is 1.50 bits per heavy atom. The molecule has 0 spiro atoms. The van der Waals surface area contributed by atoms with Crippen molar-refractivity contribution in [2.45, 2.75) is 19.5 Å². The summed E-state index contributed by atoms with van der Waals surface area (Å²) in [7, 11) is 0. The summed E-state index contributed by atoms with van der Waals surface area (Å²) in [6.07, 6.45) is -4.44. The minimum atomic E-state index is -4.62. The van der Waals surface area contributed by atoms with Gasteiger partial charge in [0.2, 0.25) is 0 Å². The van der Waals surface area contributed by atoms with Crippen LogP contribution in [0.1, 0.15) is 29.3 Å². The molecule has 1 atom stereocenters. The molecule has 0 N–H and O–H groups in total. The van der Waals surface area contributed by atoms with Gasteiger partial charge in [0, 0.05) is 10.0 Å². The zero-order valence-corrected chi connectivity index (χ0v) is 11.0. The first-order chi connectivity index (χ1) is 8.31. The predicted molar refractivity (Wildman–Crippen MR) is 62.9 cm³/mol. The van der Waals surface area contributed by atoms with Crippen molar-refractivity contribution < 1.29 is 18.0 Å². The number of alkyl halides is 3. The van der Waals surface area contributed by atoms with E-state index in [1.165, 1.54) is 6.07 Å². The molecule has 96 valence electrons. The molecule has 0 saturated carbocycles. The molecule has 18 heavy (non-hydrogen) atoms. The summed E-state index contributed by atoms with van der Waals surface area (Å²) < 4.78 is 38.6. The number of ketones is 1. The lowest BCUT2D eigenvalue weighted by molar-refractivity contribution is -0.138. The van der Waals surface area contributed by atoms with Crippen LogP contribution >= 0.6 is 15.9 Å². The first kappa shape index (κ1) is 14.7. The Balaban J connectivity index is 3.34. The average Bonchev–Trinajstić information content (AvgIpc) is 2.29. The molecular formula is C12H9BrF3NO. The summed E-state index contributed by atoms with van der Waals surface area (Å²) in [4.78, 5) is 11.8. The first-order valence-corrected chi connectivity index (χ1v) is 5.91. The SMILES string of the molecule is CCC(C#N)C(=O)c1ccc(Br)cc1C(F)(F)F. The van der Waals surface area contributed by atoms with Gasteiger partial charge in [0.15, 0.2) is 5.78 Å². The van der Waals surface area contributed by atoms with Gasteiger partial charge in [-0.25, -0.2) is 0 Å². The zero-order chi connectivity index (χ0) is 13.9. The van der Waals surface area contributed by atoms with Gasteiger partial charge in [0.05, 0.1) is 11.6 Å². The molecule has 0 aliphatic heterocycles. The number of hydrogen-bond donors (Lipinski definition) is 0. The van der Waals surface area contributed by atoms with E-state index in [9.17, 15) is 18.0 Å². The highest BCUT2D eigenvalue weighted by Gasteiger charge is 2.36. The van der Waals surface area contributed by atoms with Crippen LogP contribution in [0.15, 0.2) is 22.7 Å². The van der Waals surface area contributed by atoms with Gasteiger partial charge >= 0.3 is 6.18 Å². The molecule has 0 aliphatic rings. The summed E-state index contributed by atoms with van der Waals surface area (Å²) in [5.74, 6) is -1.84. The molecule has 2 nitrogen and oxygen atoms in total. The number of nitrogens with zero attached hydrogens (tertiary/aromatic N) is 1. The molecule has 1 aromatic rings. The van der Waals surface area contributed by atoms with Crippen LogP contribution in [0, 0.1) is 17.2 Å². The number of Topliss-reactive ketones (excluding diaryl/α,β-unsaturated/α-hetero) is 1. The van der Waals surface area contributed by atoms with Crippen LogP contribution in [-0.2, 0) is 6.18 Å². The fourth-order valence-electron chi connectivity index (χ4n) is 1.49. The van der Waals surface area contributed by atoms with Gasteiger partial charge in [0.1, 0.15) is 5.92 Å². The van der Waals surface area contributed by atoms with Crippen molar-refractivity contribution in [3.8, 4) is 6.07 Å². The normalized spacial score (nSPS) is 12.9. The Morgan fingerprint density at radius 2 is 2.11 bits per heavy atom. The minimum Gasteiger partial charge on any atom is -0.293 e. The summed E-state index contributed by atoms with van der Waals surface area (Å²) in [5, 5.41) is 8.74. The smallest absolute Gasteiger partial charge is 0.293 e. The third-order valence-corrected chi connectivity index (χ3v) is 2.93. The molecule has 0 bridgehead atoms. The number of hydrogen-bond acceptors (Lipinski definition) is 2. The van der Waals surface area contributed by atoms with Crippen LogP contribution in [0.3, 0.4) is 0 Å². The van der Waals surface area contributed by atoms with E-state index < -0.39 is 29.0 Å². The topological polar surface area (TPSA) is 40.9 Å². The minimum absolute atomic E-state index is 0.183. The molecule has 0 fully saturated rings. The van der Waals surface area contributed by atoms with Crippen molar-refractivity contribution in [2.24, 2.45) is 5.92 Å². The van der Waals surface area contributed by atoms with Crippen molar-refractivity contribution in [3.05, 3.63) is 33.8 Å². The van der Waals surface area contributed by atoms with Crippen LogP contribution in [0.4, 0.5) is 13.2 Å². The molecule has 6 heteroatoms. The lowest BCUT2D eigenvalue weighted by atomic mass is 9.93. The molecule has 1 unspecified atom stereocenters. The van der Waals surface area contributed by atoms with Crippen molar-refractivity contribution in [3.63, 3.8) is 0 Å². The Kier molecular flexibility index (Phi) is 4.52. The first-order valence-electron chi connectivity index (χ1n) is 5.11. The van der Waals surface area contributed by atoms with Crippen molar-refractivity contribution in [1.82, 2.24) is 0 Å². The highest BCUT2D eigenvalue weighted by molar-refractivity contribution is 9.10. The highest BCUT2D eigenvalue weighted by atomic mass is 79.9. The van der Waals surface area contributed by atoms with Gasteiger partial charge < -0.3 is 0 Å². The molecule has 0 saturated heterocycles. The van der Waals surface area contributed by atoms with Gasteiger partial charge in [-0.2, -0.15) is 18.4 Å². The Morgan fingerprint density at radius 3 is 2.56 bits per heavy atom. The third-order valence-electron chi connectivity index (χ3n) is 2.43. The molecule has 0 amide bonds. The maximum atomic E-state index is 12.8. The summed E-state index contributed by atoms with van der Waals surface area (Å²) in [6, 6.07) is 5.01. The second-order valence-electron chi connectivity index (χ2n) is 3.64. The Bertz CT molecular complexity index is 505. The van der Waals surface area contributed by atoms with Gasteiger partial charge in [-0.3, -0.25) is 4.79 Å². The predicted octanol–water partition coefficient (Wildman–Crippen LogP) is 4.20. The van der Waals surface area contributed by atoms with Gasteiger partial charge in [-0.15, -0.1) is 0 Å². The largest absolute Gasteiger partial charge is 0.417 e. The van der Waals surface area contributed by atoms with Crippen LogP contribution < -0.4 is 0 Å². The summed E-state index contributed by atoms with van der Waals surface area (Å²) in [5.41, 5.74) is -1.48. The lowest BCUT2D eigenvalue weighted by Gasteiger charge is -2.14. The van der Waals surface area contributed by atoms with E-state index in [0.29, 0.717) is 0 Å². The third kappa shape index (κ3) is 3.10. The van der Waals surface area contributed by atoms with Crippen LogP contribution in [0.5, 0.6) is 0 Å². The van der Waals surface area contributed by atoms with E-state index in [0.717, 1.165) is 12.1 Å². The number of nitriles is 1. The van der Waals surface area contributed by atoms with Gasteiger partial charge in [0.25, 0.3) is 0 Å². The van der Waals surface area contributed by atoms with E-state index >= 15 is 0 Å². The van der Waals surface area contributed by atoms with Crippen molar-refractivity contribution in [2.75, 3.05) is 0 Å². The quantitative estimate of drug-likeness (QED) is 0.783. The molecule has 0 aliphatic carbocycles. The summed E-state index contributed by atoms with van der Waals surface area (Å²) >= 11 is 2.93. The number of carbonyl (C=O) groups is 1. The number of benzene rings is 1. The van der Waals surface area contributed by atoms with Crippen molar-refractivity contribution in [1.29, 1.82) is 5.26 Å². The number of halogens is 4. The van der Waals surface area contributed by atoms with Crippen molar-refractivity contribution >= 4 is 21.7 Å². The lowest BCUT2D eigenvalue weighted by Crippen LogP contribution is -2.18. The standard InChI is InChI=1S/C12H9BrF3NO/c1-2-7(6-17)11(18)9-4-3-8(13)5-10(9)12(14,15)16/h3-5,7H,2H2,1H3. The Hall–Kier alpha value is -1.35. The van der Waals surface area contributed by atoms with Gasteiger partial charge in [-0.1, -0.05) is 22.9 Å². The monoisotopic (exact) mass is 319 g/mol. The van der Waals surface area contributed by atoms with E-state index in [-0.39, 0.29) is 10.9 Å². The second kappa shape index (κ2) is 5.53. The maximum Gasteiger partial charge on any atom is 0.417 e. The highest BCUT2D eigenvalue weighted by Crippen LogP contribution is 2.35. The number of rotatable bonds is 3. The fourth-order valence-corrected chi connectivity index (χ4v) is 1.85.